The fourth-order valence-electron chi connectivity index (χ4n) is 1.68. The molecule has 0 bridgehead atoms. The number of rotatable bonds is 5. The summed E-state index contributed by atoms with van der Waals surface area (Å²) in [6.07, 6.45) is 0.185. The van der Waals surface area contributed by atoms with Gasteiger partial charge in [-0.15, -0.1) is 0 Å². The van der Waals surface area contributed by atoms with Crippen molar-refractivity contribution in [1.29, 1.82) is 0 Å². The maximum atomic E-state index is 11.6. The predicted octanol–water partition coefficient (Wildman–Crippen LogP) is 2.84. The molecular weight excluding hydrogens is 258 g/mol. The van der Waals surface area contributed by atoms with Crippen LogP contribution in [-0.4, -0.2) is 29.2 Å². The smallest absolute Gasteiger partial charge is 0.337 e. The van der Waals surface area contributed by atoms with Crippen LogP contribution in [-0.2, 0) is 9.53 Å². The Morgan fingerprint density at radius 2 is 1.95 bits per heavy atom. The van der Waals surface area contributed by atoms with Crippen molar-refractivity contribution in [1.82, 2.24) is 0 Å². The van der Waals surface area contributed by atoms with Gasteiger partial charge in [-0.2, -0.15) is 0 Å². The van der Waals surface area contributed by atoms with Gasteiger partial charge in [-0.1, -0.05) is 6.07 Å². The summed E-state index contributed by atoms with van der Waals surface area (Å²) in [6, 6.07) is 5.04. The molecule has 1 rings (SSSR count). The Bertz CT molecular complexity index is 503. The number of hydrogen-bond donors (Lipinski definition) is 2. The highest BCUT2D eigenvalue weighted by Gasteiger charge is 2.16. The summed E-state index contributed by atoms with van der Waals surface area (Å²) in [6.45, 7) is 7.63. The Labute approximate surface area is 118 Å². The molecule has 20 heavy (non-hydrogen) atoms. The molecule has 2 N–H and O–H groups in total. The maximum absolute atomic E-state index is 11.6. The molecule has 0 amide bonds. The van der Waals surface area contributed by atoms with Gasteiger partial charge in [-0.25, -0.2) is 4.79 Å². The fraction of sp³-hybridized carbons (Fsp3) is 0.467. The third-order valence-electron chi connectivity index (χ3n) is 2.47. The summed E-state index contributed by atoms with van der Waals surface area (Å²) in [4.78, 5) is 22.6. The van der Waals surface area contributed by atoms with Gasteiger partial charge in [0, 0.05) is 12.2 Å². The van der Waals surface area contributed by atoms with Crippen LogP contribution >= 0.6 is 0 Å². The molecule has 0 atom stereocenters. The first-order chi connectivity index (χ1) is 9.19. The van der Waals surface area contributed by atoms with E-state index in [0.29, 0.717) is 12.2 Å². The largest absolute Gasteiger partial charge is 0.478 e. The van der Waals surface area contributed by atoms with Gasteiger partial charge in [-0.3, -0.25) is 4.79 Å². The molecular formula is C15H21NO4. The highest BCUT2D eigenvalue weighted by molar-refractivity contribution is 5.94. The number of benzene rings is 1. The molecule has 110 valence electrons. The van der Waals surface area contributed by atoms with Crippen LogP contribution in [0, 0.1) is 6.92 Å². The minimum Gasteiger partial charge on any atom is -0.478 e. The van der Waals surface area contributed by atoms with Crippen molar-refractivity contribution in [3.05, 3.63) is 29.3 Å². The zero-order valence-corrected chi connectivity index (χ0v) is 12.3. The first-order valence-electron chi connectivity index (χ1n) is 6.49. The van der Waals surface area contributed by atoms with E-state index in [1.807, 2.05) is 6.92 Å². The van der Waals surface area contributed by atoms with Crippen LogP contribution in [0.1, 0.15) is 43.1 Å². The summed E-state index contributed by atoms with van der Waals surface area (Å²) in [5.74, 6) is -1.31. The zero-order chi connectivity index (χ0) is 15.3. The molecule has 1 aromatic carbocycles. The van der Waals surface area contributed by atoms with Crippen LogP contribution in [0.5, 0.6) is 0 Å². The fourth-order valence-corrected chi connectivity index (χ4v) is 1.68. The van der Waals surface area contributed by atoms with Crippen LogP contribution in [0.2, 0.25) is 0 Å². The zero-order valence-electron chi connectivity index (χ0n) is 12.3. The highest BCUT2D eigenvalue weighted by atomic mass is 16.6. The van der Waals surface area contributed by atoms with Gasteiger partial charge in [0.15, 0.2) is 0 Å². The summed E-state index contributed by atoms with van der Waals surface area (Å²) >= 11 is 0. The molecule has 0 spiro atoms. The average Bonchev–Trinajstić information content (AvgIpc) is 2.26. The molecule has 0 unspecified atom stereocenters. The molecule has 0 aliphatic heterocycles. The van der Waals surface area contributed by atoms with Crippen molar-refractivity contribution in [3.8, 4) is 0 Å². The summed E-state index contributed by atoms with van der Waals surface area (Å²) in [5, 5.41) is 12.1. The number of ether oxygens (including phenoxy) is 1. The third-order valence-corrected chi connectivity index (χ3v) is 2.47. The van der Waals surface area contributed by atoms with Gasteiger partial charge in [0.1, 0.15) is 5.60 Å². The van der Waals surface area contributed by atoms with Gasteiger partial charge < -0.3 is 15.2 Å². The van der Waals surface area contributed by atoms with Crippen LogP contribution in [0.3, 0.4) is 0 Å². The molecule has 0 aliphatic rings. The van der Waals surface area contributed by atoms with E-state index in [-0.39, 0.29) is 18.0 Å². The lowest BCUT2D eigenvalue weighted by molar-refractivity contribution is -0.154. The Hall–Kier alpha value is -2.04. The number of esters is 1. The molecule has 0 saturated heterocycles. The molecule has 0 saturated carbocycles. The third kappa shape index (κ3) is 5.30. The van der Waals surface area contributed by atoms with E-state index in [2.05, 4.69) is 5.32 Å². The first-order valence-corrected chi connectivity index (χ1v) is 6.49. The van der Waals surface area contributed by atoms with E-state index < -0.39 is 11.6 Å². The number of nitrogens with one attached hydrogen (secondary N) is 1. The van der Waals surface area contributed by atoms with Gasteiger partial charge in [0.05, 0.1) is 12.0 Å². The van der Waals surface area contributed by atoms with E-state index in [9.17, 15) is 9.59 Å². The molecule has 1 aromatic rings. The lowest BCUT2D eigenvalue weighted by Gasteiger charge is -2.19. The molecule has 0 radical (unpaired) electrons. The van der Waals surface area contributed by atoms with Crippen molar-refractivity contribution in [2.45, 2.75) is 39.7 Å². The van der Waals surface area contributed by atoms with Crippen molar-refractivity contribution >= 4 is 17.6 Å². The normalized spacial score (nSPS) is 11.0. The quantitative estimate of drug-likeness (QED) is 0.811. The van der Waals surface area contributed by atoms with E-state index in [1.165, 1.54) is 0 Å². The lowest BCUT2D eigenvalue weighted by atomic mass is 10.1. The number of carbonyl (C=O) groups is 2. The second kappa shape index (κ2) is 6.41. The van der Waals surface area contributed by atoms with Crippen molar-refractivity contribution in [3.63, 3.8) is 0 Å². The number of aryl methyl sites for hydroxylation is 1. The van der Waals surface area contributed by atoms with Crippen molar-refractivity contribution in [2.24, 2.45) is 0 Å². The summed E-state index contributed by atoms with van der Waals surface area (Å²) < 4.78 is 5.18. The number of aromatic carboxylic acids is 1. The second-order valence-corrected chi connectivity index (χ2v) is 5.62. The minimum absolute atomic E-state index is 0.185. The Kier molecular flexibility index (Phi) is 5.13. The average molecular weight is 279 g/mol. The molecule has 0 aromatic heterocycles. The lowest BCUT2D eigenvalue weighted by Crippen LogP contribution is -2.25. The van der Waals surface area contributed by atoms with E-state index >= 15 is 0 Å². The SMILES string of the molecule is Cc1ccc(C(=O)O)c(NCCC(=O)OC(C)(C)C)c1. The number of hydrogen-bond acceptors (Lipinski definition) is 4. The van der Waals surface area contributed by atoms with E-state index in [0.717, 1.165) is 5.56 Å². The molecule has 0 aliphatic carbocycles. The summed E-state index contributed by atoms with van der Waals surface area (Å²) in [7, 11) is 0. The van der Waals surface area contributed by atoms with Crippen LogP contribution in [0.15, 0.2) is 18.2 Å². The number of carboxylic acid groups (broad SMARTS) is 1. The Morgan fingerprint density at radius 3 is 2.50 bits per heavy atom. The van der Waals surface area contributed by atoms with Crippen LogP contribution < -0.4 is 5.32 Å². The van der Waals surface area contributed by atoms with Gasteiger partial charge >= 0.3 is 11.9 Å². The van der Waals surface area contributed by atoms with Gasteiger partial charge in [-0.05, 0) is 45.4 Å². The Balaban J connectivity index is 2.60. The standard InChI is InChI=1S/C15H21NO4/c1-10-5-6-11(14(18)19)12(9-10)16-8-7-13(17)20-15(2,3)4/h5-6,9,16H,7-8H2,1-4H3,(H,18,19). The first kappa shape index (κ1) is 16.0. The highest BCUT2D eigenvalue weighted by Crippen LogP contribution is 2.18. The number of carbonyl (C=O) groups excluding carboxylic acids is 1. The maximum Gasteiger partial charge on any atom is 0.337 e. The topological polar surface area (TPSA) is 75.6 Å². The second-order valence-electron chi connectivity index (χ2n) is 5.62. The molecule has 0 heterocycles. The monoisotopic (exact) mass is 279 g/mol. The molecule has 5 heteroatoms. The van der Waals surface area contributed by atoms with E-state index in [1.54, 1.807) is 39.0 Å². The van der Waals surface area contributed by atoms with Gasteiger partial charge in [0.2, 0.25) is 0 Å². The van der Waals surface area contributed by atoms with Gasteiger partial charge in [0.25, 0.3) is 0 Å². The predicted molar refractivity (Wildman–Crippen MR) is 77.1 cm³/mol. The van der Waals surface area contributed by atoms with Crippen molar-refractivity contribution in [2.75, 3.05) is 11.9 Å². The Morgan fingerprint density at radius 1 is 1.30 bits per heavy atom. The molecule has 0 fully saturated rings. The van der Waals surface area contributed by atoms with Crippen LogP contribution in [0.25, 0.3) is 0 Å². The minimum atomic E-state index is -0.996. The summed E-state index contributed by atoms with van der Waals surface area (Å²) in [5.41, 5.74) is 1.16. The van der Waals surface area contributed by atoms with Crippen molar-refractivity contribution < 1.29 is 19.4 Å². The van der Waals surface area contributed by atoms with Crippen LogP contribution in [0.4, 0.5) is 5.69 Å². The molecule has 5 nitrogen and oxygen atoms in total. The number of carboxylic acids is 1. The number of anilines is 1. The van der Waals surface area contributed by atoms with E-state index in [4.69, 9.17) is 9.84 Å².